The molecule has 1 N–H and O–H groups in total. The number of hydrogen-bond acceptors (Lipinski definition) is 2. The Hall–Kier alpha value is -1.84. The lowest BCUT2D eigenvalue weighted by atomic mass is 10.2. The van der Waals surface area contributed by atoms with Crippen LogP contribution in [0.5, 0.6) is 0 Å². The number of imidazole rings is 1. The van der Waals surface area contributed by atoms with Crippen molar-refractivity contribution >= 4 is 11.6 Å². The van der Waals surface area contributed by atoms with Gasteiger partial charge in [0.15, 0.2) is 0 Å². The number of pyridine rings is 1. The third-order valence-electron chi connectivity index (χ3n) is 2.93. The van der Waals surface area contributed by atoms with Crippen molar-refractivity contribution < 1.29 is 9.90 Å². The van der Waals surface area contributed by atoms with E-state index < -0.39 is 5.97 Å². The fourth-order valence-electron chi connectivity index (χ4n) is 2.02. The largest absolute Gasteiger partial charge is 0.481 e. The Kier molecular flexibility index (Phi) is 1.59. The van der Waals surface area contributed by atoms with Crippen molar-refractivity contribution in [2.24, 2.45) is 5.92 Å². The van der Waals surface area contributed by atoms with Crippen LogP contribution in [0.3, 0.4) is 0 Å². The molecule has 1 saturated carbocycles. The molecule has 0 amide bonds. The van der Waals surface area contributed by atoms with Gasteiger partial charge in [-0.3, -0.25) is 4.79 Å². The van der Waals surface area contributed by atoms with Crippen molar-refractivity contribution in [1.29, 1.82) is 0 Å². The zero-order chi connectivity index (χ0) is 10.4. The maximum Gasteiger partial charge on any atom is 0.307 e. The summed E-state index contributed by atoms with van der Waals surface area (Å²) < 4.78 is 1.97. The van der Waals surface area contributed by atoms with Gasteiger partial charge < -0.3 is 9.51 Å². The molecule has 0 radical (unpaired) electrons. The first-order valence-electron chi connectivity index (χ1n) is 4.92. The molecule has 2 atom stereocenters. The standard InChI is InChI=1S/C11H10N2O2/c14-11(15)8-5-7(8)9-6-12-10-3-1-2-4-13(9)10/h1-4,6-8H,5H2,(H,14,15). The fourth-order valence-corrected chi connectivity index (χ4v) is 2.02. The van der Waals surface area contributed by atoms with Gasteiger partial charge in [0.1, 0.15) is 5.65 Å². The molecule has 15 heavy (non-hydrogen) atoms. The number of carboxylic acid groups (broad SMARTS) is 1. The lowest BCUT2D eigenvalue weighted by molar-refractivity contribution is -0.138. The molecule has 0 aromatic carbocycles. The third-order valence-corrected chi connectivity index (χ3v) is 2.93. The highest BCUT2D eigenvalue weighted by Crippen LogP contribution is 2.47. The Labute approximate surface area is 86.2 Å². The van der Waals surface area contributed by atoms with Gasteiger partial charge in [0.2, 0.25) is 0 Å². The zero-order valence-corrected chi connectivity index (χ0v) is 8.00. The summed E-state index contributed by atoms with van der Waals surface area (Å²) in [5, 5.41) is 8.86. The minimum absolute atomic E-state index is 0.139. The van der Waals surface area contributed by atoms with Crippen LogP contribution in [0.4, 0.5) is 0 Å². The van der Waals surface area contributed by atoms with E-state index in [-0.39, 0.29) is 11.8 Å². The summed E-state index contributed by atoms with van der Waals surface area (Å²) in [7, 11) is 0. The summed E-state index contributed by atoms with van der Waals surface area (Å²) in [4.78, 5) is 15.0. The molecule has 3 rings (SSSR count). The summed E-state index contributed by atoms with van der Waals surface area (Å²) in [6.45, 7) is 0. The lowest BCUT2D eigenvalue weighted by Crippen LogP contribution is -2.00. The van der Waals surface area contributed by atoms with E-state index in [9.17, 15) is 4.79 Å². The number of fused-ring (bicyclic) bond motifs is 1. The second-order valence-corrected chi connectivity index (χ2v) is 3.90. The molecule has 1 aliphatic carbocycles. The van der Waals surface area contributed by atoms with Crippen LogP contribution < -0.4 is 0 Å². The van der Waals surface area contributed by atoms with Crippen LogP contribution >= 0.6 is 0 Å². The highest BCUT2D eigenvalue weighted by atomic mass is 16.4. The van der Waals surface area contributed by atoms with Crippen LogP contribution in [-0.2, 0) is 4.79 Å². The minimum Gasteiger partial charge on any atom is -0.481 e. The molecule has 4 nitrogen and oxygen atoms in total. The summed E-state index contributed by atoms with van der Waals surface area (Å²) in [6, 6.07) is 5.77. The van der Waals surface area contributed by atoms with Gasteiger partial charge in [-0.05, 0) is 18.6 Å². The molecule has 2 unspecified atom stereocenters. The minimum atomic E-state index is -0.703. The highest BCUT2D eigenvalue weighted by molar-refractivity contribution is 5.75. The van der Waals surface area contributed by atoms with Gasteiger partial charge in [-0.15, -0.1) is 0 Å². The molecule has 0 saturated heterocycles. The van der Waals surface area contributed by atoms with Crippen molar-refractivity contribution in [3.8, 4) is 0 Å². The summed E-state index contributed by atoms with van der Waals surface area (Å²) in [6.07, 6.45) is 4.44. The van der Waals surface area contributed by atoms with Crippen LogP contribution in [0.2, 0.25) is 0 Å². The molecule has 2 aromatic rings. The van der Waals surface area contributed by atoms with Crippen LogP contribution in [0.25, 0.3) is 5.65 Å². The predicted molar refractivity (Wildman–Crippen MR) is 53.7 cm³/mol. The smallest absolute Gasteiger partial charge is 0.307 e. The second kappa shape index (κ2) is 2.82. The van der Waals surface area contributed by atoms with Crippen LogP contribution in [0.1, 0.15) is 18.0 Å². The maximum absolute atomic E-state index is 10.8. The summed E-state index contributed by atoms with van der Waals surface area (Å²) in [5.41, 5.74) is 1.89. The normalized spacial score (nSPS) is 24.3. The Morgan fingerprint density at radius 3 is 3.13 bits per heavy atom. The molecule has 76 valence electrons. The topological polar surface area (TPSA) is 54.6 Å². The Morgan fingerprint density at radius 1 is 1.53 bits per heavy atom. The van der Waals surface area contributed by atoms with E-state index in [0.717, 1.165) is 17.8 Å². The summed E-state index contributed by atoms with van der Waals surface area (Å²) >= 11 is 0. The Balaban J connectivity index is 2.03. The fraction of sp³-hybridized carbons (Fsp3) is 0.273. The van der Waals surface area contributed by atoms with Crippen LogP contribution in [0.15, 0.2) is 30.6 Å². The van der Waals surface area contributed by atoms with Gasteiger partial charge in [-0.2, -0.15) is 0 Å². The van der Waals surface area contributed by atoms with E-state index >= 15 is 0 Å². The molecule has 0 spiro atoms. The molecule has 4 heteroatoms. The van der Waals surface area contributed by atoms with Gasteiger partial charge in [-0.25, -0.2) is 4.98 Å². The van der Waals surface area contributed by atoms with Gasteiger partial charge in [0, 0.05) is 24.0 Å². The third kappa shape index (κ3) is 1.21. The maximum atomic E-state index is 10.8. The van der Waals surface area contributed by atoms with E-state index in [1.165, 1.54) is 0 Å². The number of nitrogens with zero attached hydrogens (tertiary/aromatic N) is 2. The quantitative estimate of drug-likeness (QED) is 0.803. The predicted octanol–water partition coefficient (Wildman–Crippen LogP) is 1.52. The molecule has 2 heterocycles. The summed E-state index contributed by atoms with van der Waals surface area (Å²) in [5.74, 6) is -0.782. The average molecular weight is 202 g/mol. The first-order chi connectivity index (χ1) is 7.27. The van der Waals surface area contributed by atoms with E-state index in [0.29, 0.717) is 0 Å². The molecule has 0 aliphatic heterocycles. The second-order valence-electron chi connectivity index (χ2n) is 3.90. The first kappa shape index (κ1) is 8.47. The van der Waals surface area contributed by atoms with Gasteiger partial charge in [0.05, 0.1) is 5.92 Å². The number of aromatic nitrogens is 2. The lowest BCUT2D eigenvalue weighted by Gasteiger charge is -1.98. The van der Waals surface area contributed by atoms with E-state index in [4.69, 9.17) is 5.11 Å². The van der Waals surface area contributed by atoms with Crippen molar-refractivity contribution in [3.63, 3.8) is 0 Å². The molecule has 1 fully saturated rings. The number of rotatable bonds is 2. The highest BCUT2D eigenvalue weighted by Gasteiger charge is 2.45. The van der Waals surface area contributed by atoms with Crippen molar-refractivity contribution in [3.05, 3.63) is 36.3 Å². The number of aliphatic carboxylic acids is 1. The zero-order valence-electron chi connectivity index (χ0n) is 8.00. The van der Waals surface area contributed by atoms with E-state index in [1.54, 1.807) is 6.20 Å². The molecule has 0 bridgehead atoms. The van der Waals surface area contributed by atoms with E-state index in [2.05, 4.69) is 4.98 Å². The van der Waals surface area contributed by atoms with Crippen molar-refractivity contribution in [2.45, 2.75) is 12.3 Å². The Morgan fingerprint density at radius 2 is 2.40 bits per heavy atom. The molecule has 2 aromatic heterocycles. The Bertz CT molecular complexity index is 532. The number of carboxylic acids is 1. The molecule has 1 aliphatic rings. The molecular weight excluding hydrogens is 192 g/mol. The van der Waals surface area contributed by atoms with Gasteiger partial charge in [0.25, 0.3) is 0 Å². The number of hydrogen-bond donors (Lipinski definition) is 1. The average Bonchev–Trinajstić information content (AvgIpc) is 2.92. The van der Waals surface area contributed by atoms with Crippen molar-refractivity contribution in [1.82, 2.24) is 9.38 Å². The molecular formula is C11H10N2O2. The first-order valence-corrected chi connectivity index (χ1v) is 4.92. The van der Waals surface area contributed by atoms with Gasteiger partial charge in [-0.1, -0.05) is 6.07 Å². The van der Waals surface area contributed by atoms with E-state index in [1.807, 2.05) is 28.8 Å². The number of carbonyl (C=O) groups is 1. The van der Waals surface area contributed by atoms with Crippen LogP contribution in [-0.4, -0.2) is 20.5 Å². The van der Waals surface area contributed by atoms with Crippen LogP contribution in [0, 0.1) is 5.92 Å². The van der Waals surface area contributed by atoms with Gasteiger partial charge >= 0.3 is 5.97 Å². The SMILES string of the molecule is O=C(O)C1CC1c1cnc2ccccn12. The monoisotopic (exact) mass is 202 g/mol. The van der Waals surface area contributed by atoms with Crippen molar-refractivity contribution in [2.75, 3.05) is 0 Å².